The molecule has 6 heterocycles. The molecular weight excluding hydrogens is 450 g/mol. The molecule has 0 spiro atoms. The Labute approximate surface area is 202 Å². The number of nitrogens with one attached hydrogen (secondary N) is 2. The van der Waals surface area contributed by atoms with Gasteiger partial charge in [-0.25, -0.2) is 4.98 Å². The average Bonchev–Trinajstić information content (AvgIpc) is 3.55. The van der Waals surface area contributed by atoms with E-state index in [-0.39, 0.29) is 29.9 Å². The molecule has 0 aromatic carbocycles. The Balaban J connectivity index is 1.18. The van der Waals surface area contributed by atoms with Crippen LogP contribution in [0.2, 0.25) is 0 Å². The smallest absolute Gasteiger partial charge is 0.322 e. The summed E-state index contributed by atoms with van der Waals surface area (Å²) >= 11 is 0. The Morgan fingerprint density at radius 2 is 2.09 bits per heavy atom. The third-order valence-electron chi connectivity index (χ3n) is 6.90. The lowest BCUT2D eigenvalue weighted by atomic mass is 9.89. The number of pyridine rings is 1. The number of carbonyl (C=O) groups excluding carboxylic acids is 1. The fourth-order valence-corrected chi connectivity index (χ4v) is 4.87. The van der Waals surface area contributed by atoms with Gasteiger partial charge >= 0.3 is 6.01 Å². The van der Waals surface area contributed by atoms with Crippen molar-refractivity contribution < 1.29 is 19.0 Å². The number of amides is 1. The highest BCUT2D eigenvalue weighted by Crippen LogP contribution is 2.33. The van der Waals surface area contributed by atoms with Crippen molar-refractivity contribution in [1.29, 1.82) is 0 Å². The van der Waals surface area contributed by atoms with Crippen molar-refractivity contribution in [3.05, 3.63) is 35.9 Å². The van der Waals surface area contributed by atoms with Gasteiger partial charge in [0, 0.05) is 37.5 Å². The number of fused-ring (bicyclic) bond motifs is 1. The molecule has 0 radical (unpaired) electrons. The van der Waals surface area contributed by atoms with Crippen molar-refractivity contribution in [2.45, 2.75) is 43.7 Å². The quantitative estimate of drug-likeness (QED) is 0.521. The van der Waals surface area contributed by atoms with Gasteiger partial charge in [0.1, 0.15) is 12.3 Å². The molecular formula is C24H29N7O4. The minimum absolute atomic E-state index is 0.0135. The van der Waals surface area contributed by atoms with E-state index in [1.54, 1.807) is 6.20 Å². The summed E-state index contributed by atoms with van der Waals surface area (Å²) in [5.74, 6) is 0.609. The number of nitrogens with zero attached hydrogens (tertiary/aromatic N) is 5. The normalized spacial score (nSPS) is 21.3. The highest BCUT2D eigenvalue weighted by atomic mass is 16.5. The lowest BCUT2D eigenvalue weighted by molar-refractivity contribution is -0.00367. The van der Waals surface area contributed by atoms with Gasteiger partial charge in [0.2, 0.25) is 11.8 Å². The number of aromatic amines is 1. The second-order valence-electron chi connectivity index (χ2n) is 9.30. The molecule has 11 heteroatoms. The summed E-state index contributed by atoms with van der Waals surface area (Å²) in [6.45, 7) is 3.65. The lowest BCUT2D eigenvalue weighted by Crippen LogP contribution is -2.49. The molecule has 2 N–H and O–H groups in total. The summed E-state index contributed by atoms with van der Waals surface area (Å²) in [6.07, 6.45) is 7.77. The number of ether oxygens (including phenoxy) is 3. The molecule has 0 saturated carbocycles. The molecule has 0 aliphatic carbocycles. The van der Waals surface area contributed by atoms with Crippen LogP contribution in [0.5, 0.6) is 6.01 Å². The first-order valence-electron chi connectivity index (χ1n) is 12.3. The second kappa shape index (κ2) is 9.74. The number of anilines is 1. The minimum atomic E-state index is -0.343. The van der Waals surface area contributed by atoms with Crippen LogP contribution in [0.15, 0.2) is 24.5 Å². The van der Waals surface area contributed by atoms with Gasteiger partial charge in [-0.05, 0) is 49.3 Å². The summed E-state index contributed by atoms with van der Waals surface area (Å²) in [5, 5.41) is 4.08. The van der Waals surface area contributed by atoms with Gasteiger partial charge in [0.25, 0.3) is 5.91 Å². The van der Waals surface area contributed by atoms with Crippen LogP contribution in [-0.4, -0.2) is 82.5 Å². The molecule has 3 aromatic heterocycles. The Morgan fingerprint density at radius 1 is 1.20 bits per heavy atom. The van der Waals surface area contributed by atoms with Crippen LogP contribution >= 0.6 is 0 Å². The highest BCUT2D eigenvalue weighted by molar-refractivity contribution is 5.91. The fraction of sp³-hybridized carbons (Fsp3) is 0.542. The molecule has 3 fully saturated rings. The first kappa shape index (κ1) is 22.2. The van der Waals surface area contributed by atoms with Crippen LogP contribution in [0.25, 0.3) is 11.0 Å². The highest BCUT2D eigenvalue weighted by Gasteiger charge is 2.28. The SMILES string of the molecule is O=C(NC1COC1)c1nc(OC[C@H]2CCCO2)nc(N2CCC(c3c[nH]c4ncccc34)CC2)n1. The molecule has 6 rings (SSSR count). The number of piperidine rings is 1. The summed E-state index contributed by atoms with van der Waals surface area (Å²) in [5.41, 5.74) is 2.22. The second-order valence-corrected chi connectivity index (χ2v) is 9.30. The van der Waals surface area contributed by atoms with Crippen LogP contribution in [0, 0.1) is 0 Å². The van der Waals surface area contributed by atoms with Gasteiger partial charge in [-0.15, -0.1) is 0 Å². The zero-order valence-corrected chi connectivity index (χ0v) is 19.5. The predicted octanol–water partition coefficient (Wildman–Crippen LogP) is 1.82. The largest absolute Gasteiger partial charge is 0.461 e. The number of rotatable bonds is 7. The van der Waals surface area contributed by atoms with Crippen molar-refractivity contribution in [2.24, 2.45) is 0 Å². The molecule has 184 valence electrons. The fourth-order valence-electron chi connectivity index (χ4n) is 4.87. The topological polar surface area (TPSA) is 127 Å². The van der Waals surface area contributed by atoms with Gasteiger partial charge in [0.15, 0.2) is 0 Å². The van der Waals surface area contributed by atoms with Gasteiger partial charge in [-0.2, -0.15) is 15.0 Å². The molecule has 3 aromatic rings. The van der Waals surface area contributed by atoms with E-state index in [4.69, 9.17) is 14.2 Å². The maximum Gasteiger partial charge on any atom is 0.322 e. The zero-order valence-electron chi connectivity index (χ0n) is 19.5. The summed E-state index contributed by atoms with van der Waals surface area (Å²) in [4.78, 5) is 36.0. The molecule has 3 aliphatic rings. The van der Waals surface area contributed by atoms with Crippen LogP contribution in [0.1, 0.15) is 47.8 Å². The minimum Gasteiger partial charge on any atom is -0.461 e. The maximum atomic E-state index is 12.8. The Hall–Kier alpha value is -3.31. The first-order chi connectivity index (χ1) is 17.2. The number of H-pyrrole nitrogens is 1. The maximum absolute atomic E-state index is 12.8. The van der Waals surface area contributed by atoms with Crippen LogP contribution in [0.4, 0.5) is 5.95 Å². The number of hydrogen-bond donors (Lipinski definition) is 2. The van der Waals surface area contributed by atoms with E-state index < -0.39 is 0 Å². The standard InChI is InChI=1S/C24H29N7O4/c32-22(27-16-12-33-13-16)21-28-23(30-24(29-21)35-14-17-3-2-10-34-17)31-8-5-15(6-9-31)19-11-26-20-18(19)4-1-7-25-20/h1,4,7,11,15-17H,2-3,5-6,8-10,12-14H2,(H,25,26)(H,27,32)/t17-/m1/s1. The van der Waals surface area contributed by atoms with Gasteiger partial charge in [-0.1, -0.05) is 0 Å². The van der Waals surface area contributed by atoms with E-state index in [1.165, 1.54) is 10.9 Å². The van der Waals surface area contributed by atoms with Gasteiger partial charge in [-0.3, -0.25) is 4.79 Å². The summed E-state index contributed by atoms with van der Waals surface area (Å²) in [6, 6.07) is 4.23. The van der Waals surface area contributed by atoms with Gasteiger partial charge in [0.05, 0.1) is 25.4 Å². The number of aromatic nitrogens is 5. The van der Waals surface area contributed by atoms with Crippen LogP contribution < -0.4 is 15.0 Å². The van der Waals surface area contributed by atoms with E-state index in [0.29, 0.717) is 31.7 Å². The summed E-state index contributed by atoms with van der Waals surface area (Å²) < 4.78 is 16.7. The third-order valence-corrected chi connectivity index (χ3v) is 6.90. The van der Waals surface area contributed by atoms with E-state index in [1.807, 2.05) is 6.07 Å². The molecule has 1 atom stereocenters. The Bertz CT molecular complexity index is 1180. The van der Waals surface area contributed by atoms with Crippen molar-refractivity contribution in [3.8, 4) is 6.01 Å². The Kier molecular flexibility index (Phi) is 6.17. The van der Waals surface area contributed by atoms with Crippen LogP contribution in [-0.2, 0) is 9.47 Å². The summed E-state index contributed by atoms with van der Waals surface area (Å²) in [7, 11) is 0. The number of carbonyl (C=O) groups is 1. The first-order valence-corrected chi connectivity index (χ1v) is 12.3. The zero-order chi connectivity index (χ0) is 23.6. The molecule has 0 bridgehead atoms. The van der Waals surface area contributed by atoms with Crippen molar-refractivity contribution in [2.75, 3.05) is 44.4 Å². The van der Waals surface area contributed by atoms with Gasteiger partial charge < -0.3 is 29.4 Å². The van der Waals surface area contributed by atoms with E-state index in [9.17, 15) is 4.79 Å². The van der Waals surface area contributed by atoms with E-state index in [2.05, 4.69) is 47.4 Å². The number of hydrogen-bond acceptors (Lipinski definition) is 9. The van der Waals surface area contributed by atoms with Crippen molar-refractivity contribution in [3.63, 3.8) is 0 Å². The molecule has 1 amide bonds. The molecule has 35 heavy (non-hydrogen) atoms. The van der Waals surface area contributed by atoms with E-state index >= 15 is 0 Å². The van der Waals surface area contributed by atoms with Crippen molar-refractivity contribution >= 4 is 22.9 Å². The Morgan fingerprint density at radius 3 is 2.86 bits per heavy atom. The lowest BCUT2D eigenvalue weighted by Gasteiger charge is -2.32. The van der Waals surface area contributed by atoms with Crippen molar-refractivity contribution in [1.82, 2.24) is 30.2 Å². The molecule has 3 saturated heterocycles. The molecule has 3 aliphatic heterocycles. The predicted molar refractivity (Wildman–Crippen MR) is 127 cm³/mol. The third kappa shape index (κ3) is 4.78. The monoisotopic (exact) mass is 479 g/mol. The molecule has 0 unspecified atom stereocenters. The van der Waals surface area contributed by atoms with Crippen LogP contribution in [0.3, 0.4) is 0 Å². The van der Waals surface area contributed by atoms with E-state index in [0.717, 1.165) is 51.0 Å². The average molecular weight is 480 g/mol. The molecule has 11 nitrogen and oxygen atoms in total.